The molecule has 1 aromatic carbocycles. The number of nitrogens with zero attached hydrogens (tertiary/aromatic N) is 1. The van der Waals surface area contributed by atoms with Crippen LogP contribution in [0.25, 0.3) is 0 Å². The van der Waals surface area contributed by atoms with Gasteiger partial charge in [-0.1, -0.05) is 38.1 Å². The summed E-state index contributed by atoms with van der Waals surface area (Å²) in [5.41, 5.74) is 8.52. The Morgan fingerprint density at radius 2 is 1.76 bits per heavy atom. The van der Waals surface area contributed by atoms with Crippen LogP contribution >= 0.6 is 0 Å². The molecule has 2 rings (SSSR count). The molecule has 1 heterocycles. The molecular weight excluding hydrogens is 212 g/mol. The molecule has 1 aliphatic heterocycles. The fraction of sp³-hybridized carbons (Fsp3) is 0.571. The number of rotatable bonds is 4. The number of hydrogen-bond acceptors (Lipinski definition) is 3. The Kier molecular flexibility index (Phi) is 3.52. The van der Waals surface area contributed by atoms with Crippen molar-refractivity contribution >= 4 is 0 Å². The van der Waals surface area contributed by atoms with E-state index in [0.29, 0.717) is 5.92 Å². The molecular formula is C14H22N2O. The van der Waals surface area contributed by atoms with Gasteiger partial charge in [0.25, 0.3) is 0 Å². The molecule has 1 saturated heterocycles. The first-order chi connectivity index (χ1) is 8.03. The largest absolute Gasteiger partial charge is 0.392 e. The first-order valence-electron chi connectivity index (χ1n) is 6.23. The van der Waals surface area contributed by atoms with Gasteiger partial charge in [-0.3, -0.25) is 4.90 Å². The van der Waals surface area contributed by atoms with E-state index in [0.717, 1.165) is 25.2 Å². The van der Waals surface area contributed by atoms with E-state index < -0.39 is 0 Å². The van der Waals surface area contributed by atoms with Gasteiger partial charge in [0.05, 0.1) is 6.61 Å². The van der Waals surface area contributed by atoms with Crippen molar-refractivity contribution in [1.82, 2.24) is 4.90 Å². The van der Waals surface area contributed by atoms with Crippen molar-refractivity contribution in [2.45, 2.75) is 32.5 Å². The van der Waals surface area contributed by atoms with Crippen LogP contribution in [0.15, 0.2) is 24.3 Å². The minimum atomic E-state index is 0.00500. The molecule has 3 heteroatoms. The van der Waals surface area contributed by atoms with Crippen molar-refractivity contribution in [1.29, 1.82) is 0 Å². The first-order valence-corrected chi connectivity index (χ1v) is 6.23. The van der Waals surface area contributed by atoms with Crippen LogP contribution in [-0.4, -0.2) is 28.6 Å². The van der Waals surface area contributed by atoms with Gasteiger partial charge in [-0.05, 0) is 17.0 Å². The van der Waals surface area contributed by atoms with Crippen LogP contribution < -0.4 is 5.73 Å². The van der Waals surface area contributed by atoms with Gasteiger partial charge in [0, 0.05) is 25.2 Å². The minimum absolute atomic E-state index is 0.00500. The van der Waals surface area contributed by atoms with Gasteiger partial charge in [-0.2, -0.15) is 0 Å². The van der Waals surface area contributed by atoms with Crippen LogP contribution in [0.3, 0.4) is 0 Å². The number of nitrogens with two attached hydrogens (primary N) is 1. The SMILES string of the molecule is CC(C)C1(N)CN(Cc2ccc(CO)cc2)C1. The third-order valence-corrected chi connectivity index (χ3v) is 3.80. The first kappa shape index (κ1) is 12.6. The molecule has 1 fully saturated rings. The molecule has 0 amide bonds. The summed E-state index contributed by atoms with van der Waals surface area (Å²) >= 11 is 0. The maximum atomic E-state index is 8.97. The predicted molar refractivity (Wildman–Crippen MR) is 69.4 cm³/mol. The highest BCUT2D eigenvalue weighted by Gasteiger charge is 2.41. The van der Waals surface area contributed by atoms with Crippen molar-refractivity contribution in [3.8, 4) is 0 Å². The van der Waals surface area contributed by atoms with Crippen LogP contribution in [0.1, 0.15) is 25.0 Å². The van der Waals surface area contributed by atoms with E-state index >= 15 is 0 Å². The zero-order chi connectivity index (χ0) is 12.5. The Bertz CT molecular complexity index is 366. The summed E-state index contributed by atoms with van der Waals surface area (Å²) in [5, 5.41) is 8.97. The van der Waals surface area contributed by atoms with Crippen molar-refractivity contribution in [3.63, 3.8) is 0 Å². The van der Waals surface area contributed by atoms with Crippen molar-refractivity contribution < 1.29 is 5.11 Å². The Labute approximate surface area is 103 Å². The zero-order valence-corrected chi connectivity index (χ0v) is 10.7. The van der Waals surface area contributed by atoms with Crippen molar-refractivity contribution in [2.75, 3.05) is 13.1 Å². The topological polar surface area (TPSA) is 49.5 Å². The van der Waals surface area contributed by atoms with Gasteiger partial charge in [0.1, 0.15) is 0 Å². The summed E-state index contributed by atoms with van der Waals surface area (Å²) in [6, 6.07) is 8.12. The van der Waals surface area contributed by atoms with Crippen molar-refractivity contribution in [2.24, 2.45) is 11.7 Å². The normalized spacial score (nSPS) is 19.4. The summed E-state index contributed by atoms with van der Waals surface area (Å²) in [7, 11) is 0. The highest BCUT2D eigenvalue weighted by Crippen LogP contribution is 2.27. The van der Waals surface area contributed by atoms with Gasteiger partial charge in [-0.25, -0.2) is 0 Å². The van der Waals surface area contributed by atoms with E-state index in [1.807, 2.05) is 12.1 Å². The molecule has 1 aromatic rings. The Morgan fingerprint density at radius 3 is 2.24 bits per heavy atom. The molecule has 0 aromatic heterocycles. The Hall–Kier alpha value is -0.900. The fourth-order valence-electron chi connectivity index (χ4n) is 2.27. The zero-order valence-electron chi connectivity index (χ0n) is 10.7. The maximum absolute atomic E-state index is 8.97. The summed E-state index contributed by atoms with van der Waals surface area (Å²) in [6.07, 6.45) is 0. The molecule has 17 heavy (non-hydrogen) atoms. The minimum Gasteiger partial charge on any atom is -0.392 e. The second-order valence-electron chi connectivity index (χ2n) is 5.51. The molecule has 0 saturated carbocycles. The second-order valence-corrected chi connectivity index (χ2v) is 5.51. The highest BCUT2D eigenvalue weighted by atomic mass is 16.3. The molecule has 0 spiro atoms. The second kappa shape index (κ2) is 4.77. The average Bonchev–Trinajstić information content (AvgIpc) is 2.27. The van der Waals surface area contributed by atoms with Gasteiger partial charge in [0.2, 0.25) is 0 Å². The molecule has 0 atom stereocenters. The Morgan fingerprint density at radius 1 is 1.24 bits per heavy atom. The van der Waals surface area contributed by atoms with E-state index in [9.17, 15) is 0 Å². The lowest BCUT2D eigenvalue weighted by atomic mass is 9.80. The summed E-state index contributed by atoms with van der Waals surface area (Å²) in [4.78, 5) is 2.37. The summed E-state index contributed by atoms with van der Waals surface area (Å²) in [5.74, 6) is 0.538. The number of aliphatic hydroxyl groups excluding tert-OH is 1. The lowest BCUT2D eigenvalue weighted by molar-refractivity contribution is 0.0313. The van der Waals surface area contributed by atoms with Gasteiger partial charge < -0.3 is 10.8 Å². The molecule has 1 aliphatic rings. The number of aliphatic hydroxyl groups is 1. The van der Waals surface area contributed by atoms with E-state index in [1.54, 1.807) is 0 Å². The standard InChI is InChI=1S/C14H22N2O/c1-11(2)14(15)9-16(10-14)7-12-3-5-13(8-17)6-4-12/h3-6,11,17H,7-10,15H2,1-2H3. The van der Waals surface area contributed by atoms with Crippen LogP contribution in [0.5, 0.6) is 0 Å². The van der Waals surface area contributed by atoms with Crippen molar-refractivity contribution in [3.05, 3.63) is 35.4 Å². The molecule has 0 radical (unpaired) electrons. The summed E-state index contributed by atoms with van der Waals surface area (Å²) < 4.78 is 0. The maximum Gasteiger partial charge on any atom is 0.0681 e. The van der Waals surface area contributed by atoms with Gasteiger partial charge >= 0.3 is 0 Å². The van der Waals surface area contributed by atoms with E-state index in [1.165, 1.54) is 5.56 Å². The van der Waals surface area contributed by atoms with E-state index in [-0.39, 0.29) is 12.1 Å². The number of hydrogen-bond donors (Lipinski definition) is 2. The highest BCUT2D eigenvalue weighted by molar-refractivity contribution is 5.22. The lowest BCUT2D eigenvalue weighted by Gasteiger charge is -2.50. The average molecular weight is 234 g/mol. The van der Waals surface area contributed by atoms with E-state index in [2.05, 4.69) is 30.9 Å². The molecule has 94 valence electrons. The summed E-state index contributed by atoms with van der Waals surface area (Å²) in [6.45, 7) is 7.40. The molecule has 3 N–H and O–H groups in total. The third-order valence-electron chi connectivity index (χ3n) is 3.80. The van der Waals surface area contributed by atoms with Crippen LogP contribution in [0.2, 0.25) is 0 Å². The van der Waals surface area contributed by atoms with Gasteiger partial charge in [-0.15, -0.1) is 0 Å². The monoisotopic (exact) mass is 234 g/mol. The fourth-order valence-corrected chi connectivity index (χ4v) is 2.27. The molecule has 0 bridgehead atoms. The third kappa shape index (κ3) is 2.68. The number of likely N-dealkylation sites (tertiary alicyclic amines) is 1. The lowest BCUT2D eigenvalue weighted by Crippen LogP contribution is -2.69. The quantitative estimate of drug-likeness (QED) is 0.826. The van der Waals surface area contributed by atoms with Crippen LogP contribution in [0.4, 0.5) is 0 Å². The van der Waals surface area contributed by atoms with Crippen LogP contribution in [-0.2, 0) is 13.2 Å². The Balaban J connectivity index is 1.87. The smallest absolute Gasteiger partial charge is 0.0681 e. The molecule has 0 aliphatic carbocycles. The number of benzene rings is 1. The molecule has 3 nitrogen and oxygen atoms in total. The predicted octanol–water partition coefficient (Wildman–Crippen LogP) is 1.35. The van der Waals surface area contributed by atoms with Gasteiger partial charge in [0.15, 0.2) is 0 Å². The molecule has 0 unspecified atom stereocenters. The van der Waals surface area contributed by atoms with Crippen LogP contribution in [0, 0.1) is 5.92 Å². The van der Waals surface area contributed by atoms with E-state index in [4.69, 9.17) is 10.8 Å².